The molecule has 0 saturated heterocycles. The minimum Gasteiger partial charge on any atom is -0.469 e. The van der Waals surface area contributed by atoms with Crippen LogP contribution >= 0.6 is 11.3 Å². The minimum atomic E-state index is -0.481. The van der Waals surface area contributed by atoms with Crippen LogP contribution in [-0.2, 0) is 4.79 Å². The number of carbonyl (C=O) groups excluding carboxylic acids is 1. The molecule has 0 bridgehead atoms. The second kappa shape index (κ2) is 7.11. The highest BCUT2D eigenvalue weighted by Gasteiger charge is 2.17. The first-order valence-electron chi connectivity index (χ1n) is 7.42. The number of hydrogen-bond donors (Lipinski definition) is 1. The standard InChI is InChI=1S/C18H14N4O2S/c1-11(20)13(7-19)15(23)8-24-17-16-14(12-5-3-2-4-6-12)9-25-18(16)22-10-21-17/h2-6,9-10H,8,20H2,1H3. The Morgan fingerprint density at radius 3 is 2.76 bits per heavy atom. The fraction of sp³-hybridized carbons (Fsp3) is 0.111. The van der Waals surface area contributed by atoms with Crippen LogP contribution in [0, 0.1) is 11.3 Å². The number of allylic oxidation sites excluding steroid dienone is 1. The number of nitrogens with zero attached hydrogens (tertiary/aromatic N) is 3. The number of fused-ring (bicyclic) bond motifs is 1. The Morgan fingerprint density at radius 2 is 2.08 bits per heavy atom. The normalized spacial score (nSPS) is 11.7. The number of aromatic nitrogens is 2. The van der Waals surface area contributed by atoms with E-state index in [0.717, 1.165) is 21.3 Å². The third-order valence-electron chi connectivity index (χ3n) is 3.55. The third-order valence-corrected chi connectivity index (χ3v) is 4.43. The SMILES string of the molecule is CC(N)=C(C#N)C(=O)COc1ncnc2scc(-c3ccccc3)c12. The van der Waals surface area contributed by atoms with Gasteiger partial charge in [-0.2, -0.15) is 5.26 Å². The average Bonchev–Trinajstić information content (AvgIpc) is 3.05. The fourth-order valence-electron chi connectivity index (χ4n) is 2.36. The van der Waals surface area contributed by atoms with Crippen LogP contribution in [0.1, 0.15) is 6.92 Å². The lowest BCUT2D eigenvalue weighted by Crippen LogP contribution is -2.16. The smallest absolute Gasteiger partial charge is 0.226 e. The lowest BCUT2D eigenvalue weighted by atomic mass is 10.1. The number of nitrogens with two attached hydrogens (primary N) is 1. The largest absolute Gasteiger partial charge is 0.469 e. The zero-order valence-electron chi connectivity index (χ0n) is 13.4. The molecule has 0 unspecified atom stereocenters. The van der Waals surface area contributed by atoms with Crippen LogP contribution in [0.5, 0.6) is 5.88 Å². The molecule has 2 aromatic heterocycles. The van der Waals surface area contributed by atoms with E-state index in [1.807, 2.05) is 35.7 Å². The van der Waals surface area contributed by atoms with E-state index < -0.39 is 5.78 Å². The van der Waals surface area contributed by atoms with Crippen molar-refractivity contribution in [3.63, 3.8) is 0 Å². The molecular formula is C18H14N4O2S. The first kappa shape index (κ1) is 16.6. The Kier molecular flexibility index (Phi) is 4.73. The minimum absolute atomic E-state index is 0.0982. The Bertz CT molecular complexity index is 999. The summed E-state index contributed by atoms with van der Waals surface area (Å²) in [5, 5.41) is 11.7. The molecule has 0 aliphatic carbocycles. The molecule has 3 aromatic rings. The lowest BCUT2D eigenvalue weighted by molar-refractivity contribution is -0.117. The highest BCUT2D eigenvalue weighted by Crippen LogP contribution is 2.37. The molecule has 6 nitrogen and oxygen atoms in total. The lowest BCUT2D eigenvalue weighted by Gasteiger charge is -2.07. The third kappa shape index (κ3) is 3.34. The van der Waals surface area contributed by atoms with Gasteiger partial charge in [0.15, 0.2) is 6.61 Å². The predicted octanol–water partition coefficient (Wildman–Crippen LogP) is 3.06. The first-order chi connectivity index (χ1) is 12.1. The molecule has 0 aliphatic rings. The van der Waals surface area contributed by atoms with Gasteiger partial charge in [-0.1, -0.05) is 30.3 Å². The van der Waals surface area contributed by atoms with E-state index in [1.165, 1.54) is 24.6 Å². The van der Waals surface area contributed by atoms with Crippen LogP contribution in [0.25, 0.3) is 21.3 Å². The van der Waals surface area contributed by atoms with E-state index in [9.17, 15) is 4.79 Å². The molecule has 25 heavy (non-hydrogen) atoms. The summed E-state index contributed by atoms with van der Waals surface area (Å²) in [6.45, 7) is 1.19. The molecule has 0 saturated carbocycles. The molecule has 0 amide bonds. The van der Waals surface area contributed by atoms with Gasteiger partial charge < -0.3 is 10.5 Å². The zero-order chi connectivity index (χ0) is 17.8. The van der Waals surface area contributed by atoms with E-state index in [2.05, 4.69) is 9.97 Å². The van der Waals surface area contributed by atoms with Gasteiger partial charge in [0.05, 0.1) is 5.39 Å². The van der Waals surface area contributed by atoms with Crippen molar-refractivity contribution in [2.75, 3.05) is 6.61 Å². The quantitative estimate of drug-likeness (QED) is 0.560. The van der Waals surface area contributed by atoms with Crippen LogP contribution in [0.3, 0.4) is 0 Å². The van der Waals surface area contributed by atoms with Crippen molar-refractivity contribution in [3.8, 4) is 23.1 Å². The number of thiophene rings is 1. The topological polar surface area (TPSA) is 102 Å². The summed E-state index contributed by atoms with van der Waals surface area (Å²) in [6, 6.07) is 11.6. The molecule has 0 aliphatic heterocycles. The van der Waals surface area contributed by atoms with Crippen molar-refractivity contribution >= 4 is 27.3 Å². The Morgan fingerprint density at radius 1 is 1.32 bits per heavy atom. The van der Waals surface area contributed by atoms with Gasteiger partial charge in [0.1, 0.15) is 22.8 Å². The number of ketones is 1. The second-order valence-electron chi connectivity index (χ2n) is 5.26. The number of Topliss-reactive ketones (excluding diaryl/α,β-unsaturated/α-hetero) is 1. The van der Waals surface area contributed by atoms with Crippen LogP contribution in [0.4, 0.5) is 0 Å². The Labute approximate surface area is 148 Å². The van der Waals surface area contributed by atoms with Crippen molar-refractivity contribution in [1.29, 1.82) is 5.26 Å². The van der Waals surface area contributed by atoms with Crippen molar-refractivity contribution in [1.82, 2.24) is 9.97 Å². The van der Waals surface area contributed by atoms with Crippen LogP contribution in [0.15, 0.2) is 53.3 Å². The highest BCUT2D eigenvalue weighted by molar-refractivity contribution is 7.17. The van der Waals surface area contributed by atoms with Gasteiger partial charge in [0.2, 0.25) is 11.7 Å². The number of benzene rings is 1. The van der Waals surface area contributed by atoms with Crippen LogP contribution in [0.2, 0.25) is 0 Å². The number of carbonyl (C=O) groups is 1. The summed E-state index contributed by atoms with van der Waals surface area (Å²) in [6.07, 6.45) is 1.39. The van der Waals surface area contributed by atoms with Crippen LogP contribution < -0.4 is 10.5 Å². The highest BCUT2D eigenvalue weighted by atomic mass is 32.1. The van der Waals surface area contributed by atoms with Gasteiger partial charge >= 0.3 is 0 Å². The number of ether oxygens (including phenoxy) is 1. The second-order valence-corrected chi connectivity index (χ2v) is 6.11. The van der Waals surface area contributed by atoms with Crippen LogP contribution in [-0.4, -0.2) is 22.4 Å². The maximum Gasteiger partial charge on any atom is 0.226 e. The Balaban J connectivity index is 1.95. The average molecular weight is 350 g/mol. The summed E-state index contributed by atoms with van der Waals surface area (Å²) >= 11 is 1.48. The first-order valence-corrected chi connectivity index (χ1v) is 8.30. The maximum absolute atomic E-state index is 12.1. The van der Waals surface area contributed by atoms with E-state index >= 15 is 0 Å². The number of hydrogen-bond acceptors (Lipinski definition) is 7. The van der Waals surface area contributed by atoms with E-state index in [1.54, 1.807) is 6.07 Å². The van der Waals surface area contributed by atoms with Crippen molar-refractivity contribution < 1.29 is 9.53 Å². The molecule has 2 N–H and O–H groups in total. The van der Waals surface area contributed by atoms with Gasteiger partial charge in [-0.3, -0.25) is 4.79 Å². The molecule has 2 heterocycles. The van der Waals surface area contributed by atoms with Gasteiger partial charge in [0, 0.05) is 16.6 Å². The van der Waals surface area contributed by atoms with E-state index in [4.69, 9.17) is 15.7 Å². The Hall–Kier alpha value is -3.24. The summed E-state index contributed by atoms with van der Waals surface area (Å²) in [4.78, 5) is 21.3. The summed E-state index contributed by atoms with van der Waals surface area (Å²) < 4.78 is 5.60. The predicted molar refractivity (Wildman–Crippen MR) is 95.9 cm³/mol. The number of nitriles is 1. The van der Waals surface area contributed by atoms with E-state index in [-0.39, 0.29) is 17.9 Å². The zero-order valence-corrected chi connectivity index (χ0v) is 14.2. The van der Waals surface area contributed by atoms with Gasteiger partial charge in [0.25, 0.3) is 0 Å². The maximum atomic E-state index is 12.1. The summed E-state index contributed by atoms with van der Waals surface area (Å²) in [5.74, 6) is -0.170. The fourth-order valence-corrected chi connectivity index (χ4v) is 3.27. The monoisotopic (exact) mass is 350 g/mol. The van der Waals surface area contributed by atoms with E-state index in [0.29, 0.717) is 5.88 Å². The molecule has 124 valence electrons. The van der Waals surface area contributed by atoms with Crippen molar-refractivity contribution in [2.24, 2.45) is 5.73 Å². The number of rotatable bonds is 5. The van der Waals surface area contributed by atoms with Crippen molar-refractivity contribution in [2.45, 2.75) is 6.92 Å². The summed E-state index contributed by atoms with van der Waals surface area (Å²) in [7, 11) is 0. The summed E-state index contributed by atoms with van der Waals surface area (Å²) in [5.41, 5.74) is 7.57. The van der Waals surface area contributed by atoms with Gasteiger partial charge in [-0.15, -0.1) is 11.3 Å². The van der Waals surface area contributed by atoms with Gasteiger partial charge in [-0.05, 0) is 12.5 Å². The molecule has 0 atom stereocenters. The molecule has 0 radical (unpaired) electrons. The van der Waals surface area contributed by atoms with Gasteiger partial charge in [-0.25, -0.2) is 9.97 Å². The van der Waals surface area contributed by atoms with Crippen molar-refractivity contribution in [3.05, 3.63) is 53.3 Å². The molecule has 0 spiro atoms. The molecule has 7 heteroatoms. The molecular weight excluding hydrogens is 336 g/mol. The molecule has 3 rings (SSSR count). The molecule has 1 aromatic carbocycles. The molecule has 0 fully saturated rings.